The molecular weight excluding hydrogens is 296 g/mol. The number of hydrogen-bond donors (Lipinski definition) is 1. The van der Waals surface area contributed by atoms with E-state index < -0.39 is 5.54 Å². The van der Waals surface area contributed by atoms with Crippen LogP contribution >= 0.6 is 0 Å². The molecular formula is C17H20N2O4. The molecule has 2 amide bonds. The second-order valence-electron chi connectivity index (χ2n) is 6.27. The number of amides is 2. The Kier molecular flexibility index (Phi) is 4.07. The van der Waals surface area contributed by atoms with E-state index in [1.54, 1.807) is 4.90 Å². The summed E-state index contributed by atoms with van der Waals surface area (Å²) in [6, 6.07) is 9.33. The topological polar surface area (TPSA) is 75.7 Å². The molecule has 2 saturated heterocycles. The van der Waals surface area contributed by atoms with Crippen LogP contribution in [0.5, 0.6) is 0 Å². The number of carbonyl (C=O) groups is 3. The van der Waals surface area contributed by atoms with Gasteiger partial charge >= 0.3 is 6.09 Å². The first-order chi connectivity index (χ1) is 11.0. The molecule has 1 spiro atoms. The molecule has 2 heterocycles. The predicted octanol–water partition coefficient (Wildman–Crippen LogP) is 1.64. The number of piperidine rings is 1. The van der Waals surface area contributed by atoms with Crippen LogP contribution in [0.3, 0.4) is 0 Å². The zero-order valence-electron chi connectivity index (χ0n) is 13.1. The number of carbonyl (C=O) groups excluding carboxylic acids is 3. The summed E-state index contributed by atoms with van der Waals surface area (Å²) in [5, 5.41) is 2.80. The summed E-state index contributed by atoms with van der Waals surface area (Å²) in [6.07, 6.45) is 0.457. The van der Waals surface area contributed by atoms with Crippen molar-refractivity contribution in [1.29, 1.82) is 0 Å². The van der Waals surface area contributed by atoms with Crippen molar-refractivity contribution in [1.82, 2.24) is 10.2 Å². The van der Waals surface area contributed by atoms with Crippen LogP contribution in [0.4, 0.5) is 4.79 Å². The summed E-state index contributed by atoms with van der Waals surface area (Å²) in [7, 11) is 0. The van der Waals surface area contributed by atoms with E-state index in [2.05, 4.69) is 5.32 Å². The third-order valence-electron chi connectivity index (χ3n) is 4.63. The van der Waals surface area contributed by atoms with Gasteiger partial charge in [0.1, 0.15) is 12.1 Å². The fourth-order valence-corrected chi connectivity index (χ4v) is 3.38. The maximum absolute atomic E-state index is 12.3. The number of ether oxygens (including phenoxy) is 1. The molecule has 1 aromatic carbocycles. The van der Waals surface area contributed by atoms with Crippen molar-refractivity contribution in [3.8, 4) is 0 Å². The standard InChI is InChI=1S/C17H20N2O4/c1-12-10-17(14(20)9-15(21)18-17)7-8-19(12)16(22)23-11-13-5-3-2-4-6-13/h2-6,12H,7-11H2,1H3,(H,18,21)/t12-,17+/m0/s1. The molecule has 0 aliphatic carbocycles. The van der Waals surface area contributed by atoms with E-state index in [0.717, 1.165) is 5.56 Å². The minimum absolute atomic E-state index is 0.0504. The lowest BCUT2D eigenvalue weighted by Gasteiger charge is -2.41. The minimum atomic E-state index is -0.785. The Morgan fingerprint density at radius 2 is 2.09 bits per heavy atom. The summed E-state index contributed by atoms with van der Waals surface area (Å²) in [6.45, 7) is 2.51. The third kappa shape index (κ3) is 3.06. The maximum Gasteiger partial charge on any atom is 0.410 e. The van der Waals surface area contributed by atoms with Gasteiger partial charge in [-0.15, -0.1) is 0 Å². The SMILES string of the molecule is C[C@H]1C[C@@]2(CCN1C(=O)OCc1ccccc1)NC(=O)CC2=O. The maximum atomic E-state index is 12.3. The average Bonchev–Trinajstić information content (AvgIpc) is 2.79. The molecule has 23 heavy (non-hydrogen) atoms. The number of benzene rings is 1. The largest absolute Gasteiger partial charge is 0.445 e. The van der Waals surface area contributed by atoms with Crippen molar-refractivity contribution in [3.05, 3.63) is 35.9 Å². The van der Waals surface area contributed by atoms with E-state index in [4.69, 9.17) is 4.74 Å². The van der Waals surface area contributed by atoms with E-state index in [9.17, 15) is 14.4 Å². The van der Waals surface area contributed by atoms with Gasteiger partial charge in [0.2, 0.25) is 5.91 Å². The highest BCUT2D eigenvalue weighted by atomic mass is 16.6. The Balaban J connectivity index is 1.59. The fraction of sp³-hybridized carbons (Fsp3) is 0.471. The Hall–Kier alpha value is -2.37. The van der Waals surface area contributed by atoms with Gasteiger partial charge in [-0.1, -0.05) is 30.3 Å². The van der Waals surface area contributed by atoms with Crippen LogP contribution < -0.4 is 5.32 Å². The molecule has 2 atom stereocenters. The molecule has 6 nitrogen and oxygen atoms in total. The van der Waals surface area contributed by atoms with E-state index in [1.165, 1.54) is 0 Å². The highest BCUT2D eigenvalue weighted by molar-refractivity contribution is 6.10. The lowest BCUT2D eigenvalue weighted by Crippen LogP contribution is -2.58. The van der Waals surface area contributed by atoms with Gasteiger partial charge in [-0.2, -0.15) is 0 Å². The first-order valence-corrected chi connectivity index (χ1v) is 7.82. The second-order valence-corrected chi connectivity index (χ2v) is 6.27. The molecule has 122 valence electrons. The minimum Gasteiger partial charge on any atom is -0.445 e. The fourth-order valence-electron chi connectivity index (χ4n) is 3.38. The number of nitrogens with one attached hydrogen (secondary N) is 1. The Bertz CT molecular complexity index is 631. The Morgan fingerprint density at radius 3 is 2.70 bits per heavy atom. The monoisotopic (exact) mass is 316 g/mol. The van der Waals surface area contributed by atoms with Crippen molar-refractivity contribution in [2.75, 3.05) is 6.54 Å². The molecule has 1 N–H and O–H groups in total. The molecule has 0 radical (unpaired) electrons. The van der Waals surface area contributed by atoms with Gasteiger partial charge in [0.05, 0.1) is 6.42 Å². The van der Waals surface area contributed by atoms with Crippen LogP contribution in [0.1, 0.15) is 31.7 Å². The molecule has 0 aromatic heterocycles. The summed E-state index contributed by atoms with van der Waals surface area (Å²) >= 11 is 0. The van der Waals surface area contributed by atoms with Crippen LogP contribution in [0.25, 0.3) is 0 Å². The predicted molar refractivity (Wildman–Crippen MR) is 82.5 cm³/mol. The molecule has 2 fully saturated rings. The highest BCUT2D eigenvalue weighted by Crippen LogP contribution is 2.32. The van der Waals surface area contributed by atoms with Crippen LogP contribution in [0, 0.1) is 0 Å². The van der Waals surface area contributed by atoms with E-state index in [0.29, 0.717) is 19.4 Å². The second kappa shape index (κ2) is 6.02. The third-order valence-corrected chi connectivity index (χ3v) is 4.63. The van der Waals surface area contributed by atoms with Gasteiger partial charge in [-0.05, 0) is 25.3 Å². The zero-order valence-corrected chi connectivity index (χ0v) is 13.1. The summed E-state index contributed by atoms with van der Waals surface area (Å²) in [5.41, 5.74) is 0.146. The van der Waals surface area contributed by atoms with Crippen LogP contribution in [0.2, 0.25) is 0 Å². The summed E-state index contributed by atoms with van der Waals surface area (Å²) in [5.74, 6) is -0.283. The molecule has 2 aliphatic rings. The lowest BCUT2D eigenvalue weighted by atomic mass is 9.82. The lowest BCUT2D eigenvalue weighted by molar-refractivity contribution is -0.124. The molecule has 0 unspecified atom stereocenters. The van der Waals surface area contributed by atoms with Crippen LogP contribution in [0.15, 0.2) is 30.3 Å². The Labute approximate surface area is 134 Å². The zero-order chi connectivity index (χ0) is 16.4. The molecule has 6 heteroatoms. The summed E-state index contributed by atoms with van der Waals surface area (Å²) in [4.78, 5) is 37.4. The number of Topliss-reactive ketones (excluding diaryl/α,β-unsaturated/α-hetero) is 1. The van der Waals surface area contributed by atoms with Crippen molar-refractivity contribution >= 4 is 17.8 Å². The number of rotatable bonds is 2. The molecule has 3 rings (SSSR count). The normalized spacial score (nSPS) is 27.2. The van der Waals surface area contributed by atoms with Crippen molar-refractivity contribution in [2.24, 2.45) is 0 Å². The smallest absolute Gasteiger partial charge is 0.410 e. The Morgan fingerprint density at radius 1 is 1.35 bits per heavy atom. The highest BCUT2D eigenvalue weighted by Gasteiger charge is 2.50. The quantitative estimate of drug-likeness (QED) is 0.842. The number of nitrogens with zero attached hydrogens (tertiary/aromatic N) is 1. The molecule has 2 aliphatic heterocycles. The summed E-state index contributed by atoms with van der Waals surface area (Å²) < 4.78 is 5.35. The van der Waals surface area contributed by atoms with Crippen LogP contribution in [-0.2, 0) is 20.9 Å². The molecule has 0 saturated carbocycles. The molecule has 1 aromatic rings. The van der Waals surface area contributed by atoms with Crippen LogP contribution in [-0.4, -0.2) is 40.8 Å². The van der Waals surface area contributed by atoms with E-state index in [-0.39, 0.29) is 36.9 Å². The van der Waals surface area contributed by atoms with Crippen molar-refractivity contribution < 1.29 is 19.1 Å². The van der Waals surface area contributed by atoms with E-state index in [1.807, 2.05) is 37.3 Å². The van der Waals surface area contributed by atoms with Gasteiger partial charge in [-0.3, -0.25) is 9.59 Å². The first-order valence-electron chi connectivity index (χ1n) is 7.82. The van der Waals surface area contributed by atoms with Crippen molar-refractivity contribution in [3.63, 3.8) is 0 Å². The number of likely N-dealkylation sites (tertiary alicyclic amines) is 1. The average molecular weight is 316 g/mol. The van der Waals surface area contributed by atoms with E-state index >= 15 is 0 Å². The van der Waals surface area contributed by atoms with Gasteiger partial charge in [0.15, 0.2) is 5.78 Å². The van der Waals surface area contributed by atoms with Gasteiger partial charge in [0.25, 0.3) is 0 Å². The molecule has 0 bridgehead atoms. The first kappa shape index (κ1) is 15.5. The van der Waals surface area contributed by atoms with Crippen molar-refractivity contribution in [2.45, 2.75) is 44.4 Å². The van der Waals surface area contributed by atoms with Gasteiger partial charge in [0, 0.05) is 12.6 Å². The van der Waals surface area contributed by atoms with Gasteiger partial charge in [-0.25, -0.2) is 4.79 Å². The number of hydrogen-bond acceptors (Lipinski definition) is 4. The number of ketones is 1. The van der Waals surface area contributed by atoms with Gasteiger partial charge < -0.3 is 15.0 Å².